The van der Waals surface area contributed by atoms with Crippen LogP contribution < -0.4 is 0 Å². The second-order valence-corrected chi connectivity index (χ2v) is 8.76. The zero-order chi connectivity index (χ0) is 19.3. The van der Waals surface area contributed by atoms with Crippen LogP contribution >= 0.6 is 0 Å². The third-order valence-corrected chi connectivity index (χ3v) is 6.88. The summed E-state index contributed by atoms with van der Waals surface area (Å²) in [6.45, 7) is 6.76. The number of rotatable bonds is 2. The molecule has 5 nitrogen and oxygen atoms in total. The highest BCUT2D eigenvalue weighted by atomic mass is 16.2. The molecule has 6 rings (SSSR count). The van der Waals surface area contributed by atoms with Crippen molar-refractivity contribution in [2.45, 2.75) is 51.6 Å². The minimum Gasteiger partial charge on any atom is -0.334 e. The summed E-state index contributed by atoms with van der Waals surface area (Å²) in [6, 6.07) is 9.74. The number of carbonyl (C=O) groups excluding carboxylic acids is 1. The van der Waals surface area contributed by atoms with Gasteiger partial charge in [0.05, 0.1) is 11.3 Å². The van der Waals surface area contributed by atoms with Crippen LogP contribution in [-0.2, 0) is 12.8 Å². The Morgan fingerprint density at radius 2 is 1.75 bits per heavy atom. The van der Waals surface area contributed by atoms with Crippen molar-refractivity contribution in [2.24, 2.45) is 5.92 Å². The molecule has 3 saturated heterocycles. The summed E-state index contributed by atoms with van der Waals surface area (Å²) < 4.78 is 0. The number of hydrogen-bond acceptors (Lipinski definition) is 4. The van der Waals surface area contributed by atoms with Gasteiger partial charge in [0.25, 0.3) is 5.91 Å². The number of carbonyl (C=O) groups is 1. The molecule has 3 fully saturated rings. The van der Waals surface area contributed by atoms with Crippen LogP contribution in [0.5, 0.6) is 0 Å². The third kappa shape index (κ3) is 3.12. The van der Waals surface area contributed by atoms with Crippen LogP contribution in [0.15, 0.2) is 30.5 Å². The van der Waals surface area contributed by atoms with E-state index in [1.165, 1.54) is 17.5 Å². The van der Waals surface area contributed by atoms with Crippen molar-refractivity contribution in [1.82, 2.24) is 19.8 Å². The average Bonchev–Trinajstić information content (AvgIpc) is 2.90. The normalized spacial score (nSPS) is 25.0. The van der Waals surface area contributed by atoms with E-state index in [2.05, 4.69) is 44.0 Å². The van der Waals surface area contributed by atoms with Crippen LogP contribution in [0, 0.1) is 19.8 Å². The van der Waals surface area contributed by atoms with Gasteiger partial charge in [-0.3, -0.25) is 9.69 Å². The quantitative estimate of drug-likeness (QED) is 0.809. The van der Waals surface area contributed by atoms with Gasteiger partial charge in [-0.15, -0.1) is 0 Å². The van der Waals surface area contributed by atoms with E-state index in [0.717, 1.165) is 50.4 Å². The lowest BCUT2D eigenvalue weighted by Gasteiger charge is -2.36. The second kappa shape index (κ2) is 6.96. The monoisotopic (exact) mass is 376 g/mol. The molecule has 2 atom stereocenters. The third-order valence-electron chi connectivity index (χ3n) is 6.88. The van der Waals surface area contributed by atoms with Gasteiger partial charge >= 0.3 is 0 Å². The van der Waals surface area contributed by atoms with Crippen molar-refractivity contribution in [3.8, 4) is 0 Å². The molecule has 3 aliphatic heterocycles. The molecule has 2 aromatic rings. The van der Waals surface area contributed by atoms with Gasteiger partial charge in [0, 0.05) is 37.9 Å². The van der Waals surface area contributed by atoms with Crippen molar-refractivity contribution < 1.29 is 4.79 Å². The number of benzene rings is 1. The highest BCUT2D eigenvalue weighted by Gasteiger charge is 2.40. The number of aryl methyl sites for hydroxylation is 2. The van der Waals surface area contributed by atoms with Crippen LogP contribution in [0.2, 0.25) is 0 Å². The molecular formula is C23H28N4O. The van der Waals surface area contributed by atoms with E-state index in [4.69, 9.17) is 0 Å². The minimum absolute atomic E-state index is 0.115. The van der Waals surface area contributed by atoms with Gasteiger partial charge in [0.15, 0.2) is 0 Å². The molecule has 1 aliphatic carbocycles. The van der Waals surface area contributed by atoms with E-state index in [0.29, 0.717) is 23.6 Å². The topological polar surface area (TPSA) is 49.3 Å². The Kier molecular flexibility index (Phi) is 4.43. The molecule has 1 amide bonds. The molecule has 0 N–H and O–H groups in total. The maximum atomic E-state index is 13.3. The fraction of sp³-hybridized carbons (Fsp3) is 0.522. The first kappa shape index (κ1) is 17.8. The van der Waals surface area contributed by atoms with Crippen LogP contribution in [0.4, 0.5) is 0 Å². The number of nitrogens with zero attached hydrogens (tertiary/aromatic N) is 4. The lowest BCUT2D eigenvalue weighted by Crippen LogP contribution is -2.48. The Balaban J connectivity index is 1.35. The maximum Gasteiger partial charge on any atom is 0.257 e. The zero-order valence-electron chi connectivity index (χ0n) is 16.8. The summed E-state index contributed by atoms with van der Waals surface area (Å²) >= 11 is 0. The van der Waals surface area contributed by atoms with Crippen molar-refractivity contribution in [3.63, 3.8) is 0 Å². The van der Waals surface area contributed by atoms with Crippen molar-refractivity contribution in [2.75, 3.05) is 19.6 Å². The first-order valence-corrected chi connectivity index (χ1v) is 10.5. The first-order chi connectivity index (χ1) is 13.6. The molecule has 1 aromatic heterocycles. The molecule has 28 heavy (non-hydrogen) atoms. The number of aromatic nitrogens is 2. The van der Waals surface area contributed by atoms with E-state index in [1.807, 2.05) is 13.8 Å². The van der Waals surface area contributed by atoms with E-state index < -0.39 is 0 Å². The molecule has 146 valence electrons. The van der Waals surface area contributed by atoms with Crippen molar-refractivity contribution in [1.29, 1.82) is 0 Å². The molecular weight excluding hydrogens is 348 g/mol. The van der Waals surface area contributed by atoms with Gasteiger partial charge in [-0.2, -0.15) is 0 Å². The lowest BCUT2D eigenvalue weighted by molar-refractivity contribution is 0.0580. The molecule has 0 saturated carbocycles. The van der Waals surface area contributed by atoms with Gasteiger partial charge < -0.3 is 4.90 Å². The van der Waals surface area contributed by atoms with Gasteiger partial charge in [0.1, 0.15) is 5.82 Å². The Bertz CT molecular complexity index is 886. The summed E-state index contributed by atoms with van der Waals surface area (Å²) in [4.78, 5) is 26.8. The maximum absolute atomic E-state index is 13.3. The number of hydrogen-bond donors (Lipinski definition) is 0. The number of piperidine rings is 1. The van der Waals surface area contributed by atoms with E-state index >= 15 is 0 Å². The summed E-state index contributed by atoms with van der Waals surface area (Å²) in [6.07, 6.45) is 6.35. The van der Waals surface area contributed by atoms with E-state index in [1.54, 1.807) is 6.20 Å². The van der Waals surface area contributed by atoms with Crippen molar-refractivity contribution >= 4 is 5.91 Å². The Labute approximate surface area is 166 Å². The largest absolute Gasteiger partial charge is 0.334 e. The van der Waals surface area contributed by atoms with Crippen LogP contribution in [0.3, 0.4) is 0 Å². The molecule has 4 heterocycles. The van der Waals surface area contributed by atoms with E-state index in [-0.39, 0.29) is 5.91 Å². The van der Waals surface area contributed by atoms with Gasteiger partial charge in [-0.05, 0) is 56.6 Å². The number of amides is 1. The highest BCUT2D eigenvalue weighted by molar-refractivity contribution is 5.95. The molecule has 0 spiro atoms. The van der Waals surface area contributed by atoms with Crippen molar-refractivity contribution in [3.05, 3.63) is 58.7 Å². The van der Waals surface area contributed by atoms with Crippen LogP contribution in [-0.4, -0.2) is 57.4 Å². The molecule has 0 unspecified atom stereocenters. The van der Waals surface area contributed by atoms with Crippen LogP contribution in [0.1, 0.15) is 45.8 Å². The summed E-state index contributed by atoms with van der Waals surface area (Å²) in [7, 11) is 0. The Hall–Kier alpha value is -2.27. The lowest BCUT2D eigenvalue weighted by atomic mass is 9.94. The van der Waals surface area contributed by atoms with E-state index in [9.17, 15) is 4.79 Å². The Morgan fingerprint density at radius 3 is 2.46 bits per heavy atom. The van der Waals surface area contributed by atoms with Gasteiger partial charge in [-0.1, -0.05) is 24.3 Å². The molecule has 4 aliphatic rings. The summed E-state index contributed by atoms with van der Waals surface area (Å²) in [5.41, 5.74) is 4.47. The van der Waals surface area contributed by atoms with Gasteiger partial charge in [0.2, 0.25) is 0 Å². The summed E-state index contributed by atoms with van der Waals surface area (Å²) in [5.74, 6) is 1.40. The van der Waals surface area contributed by atoms with Gasteiger partial charge in [-0.25, -0.2) is 9.97 Å². The smallest absolute Gasteiger partial charge is 0.257 e. The molecule has 0 radical (unpaired) electrons. The molecule has 5 heteroatoms. The molecule has 2 bridgehead atoms. The molecule has 1 aromatic carbocycles. The highest BCUT2D eigenvalue weighted by Crippen LogP contribution is 2.33. The Morgan fingerprint density at radius 1 is 1.00 bits per heavy atom. The fourth-order valence-electron chi connectivity index (χ4n) is 5.41. The standard InChI is InChI=1S/C23H28N4O/c1-15-22(11-24-16(2)25-15)23(28)27-13-17-7-8-20(27)14-26(12-17)21-9-18-5-3-4-6-19(18)10-21/h3-6,11,17,20-21H,7-10,12-14H2,1-2H3/t17-,20+/m0/s1. The average molecular weight is 377 g/mol. The predicted octanol–water partition coefficient (Wildman–Crippen LogP) is 2.80. The van der Waals surface area contributed by atoms with Crippen LogP contribution in [0.25, 0.3) is 0 Å². The predicted molar refractivity (Wildman–Crippen MR) is 108 cm³/mol. The summed E-state index contributed by atoms with van der Waals surface area (Å²) in [5, 5.41) is 0. The zero-order valence-corrected chi connectivity index (χ0v) is 16.8. The first-order valence-electron chi connectivity index (χ1n) is 10.5. The second-order valence-electron chi connectivity index (χ2n) is 8.76. The number of fused-ring (bicyclic) bond motifs is 5. The fourth-order valence-corrected chi connectivity index (χ4v) is 5.41. The minimum atomic E-state index is 0.115. The SMILES string of the molecule is Cc1ncc(C(=O)N2C[C@H]3CC[C@@H]2CN(C2Cc4ccccc4C2)C3)c(C)n1.